The molecule has 0 bridgehead atoms. The van der Waals surface area contributed by atoms with Gasteiger partial charge in [-0.05, 0) is 36.5 Å². The third kappa shape index (κ3) is 7.49. The molecule has 31 heavy (non-hydrogen) atoms. The van der Waals surface area contributed by atoms with E-state index in [1.165, 1.54) is 0 Å². The Morgan fingerprint density at radius 1 is 1.16 bits per heavy atom. The van der Waals surface area contributed by atoms with Gasteiger partial charge in [0.2, 0.25) is 0 Å². The van der Waals surface area contributed by atoms with Crippen molar-refractivity contribution in [2.24, 2.45) is 10.9 Å². The molecule has 13 heteroatoms. The average molecular weight is 577 g/mol. The molecule has 1 aliphatic heterocycles. The molecule has 1 saturated heterocycles. The fourth-order valence-corrected chi connectivity index (χ4v) is 4.05. The Labute approximate surface area is 197 Å². The normalized spacial score (nSPS) is 16.4. The van der Waals surface area contributed by atoms with Crippen LogP contribution >= 0.6 is 24.0 Å². The summed E-state index contributed by atoms with van der Waals surface area (Å²) in [6, 6.07) is 7.08. The molecule has 3 N–H and O–H groups in total. The van der Waals surface area contributed by atoms with Crippen LogP contribution in [0.3, 0.4) is 0 Å². The topological polar surface area (TPSA) is 103 Å². The lowest BCUT2D eigenvalue weighted by Gasteiger charge is -2.31. The van der Waals surface area contributed by atoms with Gasteiger partial charge in [-0.2, -0.15) is 17.5 Å². The summed E-state index contributed by atoms with van der Waals surface area (Å²) >= 11 is 0. The first-order chi connectivity index (χ1) is 14.1. The highest BCUT2D eigenvalue weighted by atomic mass is 127. The zero-order valence-corrected chi connectivity index (χ0v) is 20.3. The highest BCUT2D eigenvalue weighted by molar-refractivity contribution is 14.0. The molecule has 0 aromatic heterocycles. The Morgan fingerprint density at radius 3 is 2.23 bits per heavy atom. The first-order valence-corrected chi connectivity index (χ1v) is 10.8. The van der Waals surface area contributed by atoms with Gasteiger partial charge in [0.15, 0.2) is 5.96 Å². The van der Waals surface area contributed by atoms with E-state index in [0.717, 1.165) is 5.56 Å². The number of halogens is 4. The number of benzene rings is 1. The van der Waals surface area contributed by atoms with Crippen LogP contribution in [0.2, 0.25) is 0 Å². The molecule has 0 saturated carbocycles. The van der Waals surface area contributed by atoms with Gasteiger partial charge in [-0.1, -0.05) is 12.1 Å². The van der Waals surface area contributed by atoms with E-state index in [1.807, 2.05) is 12.1 Å². The van der Waals surface area contributed by atoms with Crippen LogP contribution in [0, 0.1) is 5.92 Å². The number of amides is 1. The molecule has 1 aromatic carbocycles. The predicted octanol–water partition coefficient (Wildman–Crippen LogP) is 1.89. The summed E-state index contributed by atoms with van der Waals surface area (Å²) < 4.78 is 61.3. The van der Waals surface area contributed by atoms with Crippen molar-refractivity contribution in [1.82, 2.24) is 20.3 Å². The van der Waals surface area contributed by atoms with Crippen LogP contribution in [0.1, 0.15) is 28.8 Å². The number of aliphatic imine (C=N–C) groups is 1. The number of carbonyl (C=O) groups excluding carboxylic acids is 1. The molecule has 0 spiro atoms. The fourth-order valence-electron chi connectivity index (χ4n) is 3.07. The Hall–Kier alpha value is -1.61. The third-order valence-electron chi connectivity index (χ3n) is 4.89. The summed E-state index contributed by atoms with van der Waals surface area (Å²) in [7, 11) is -2.09. The number of guanidine groups is 1. The quantitative estimate of drug-likeness (QED) is 0.273. The molecule has 0 aliphatic carbocycles. The van der Waals surface area contributed by atoms with Crippen LogP contribution in [0.15, 0.2) is 29.3 Å². The number of carbonyl (C=O) groups is 1. The number of sulfonamides is 1. The maximum atomic E-state index is 12.6. The highest BCUT2D eigenvalue weighted by Crippen LogP contribution is 2.30. The number of piperidine rings is 1. The maximum Gasteiger partial charge on any atom is 0.511 e. The minimum Gasteiger partial charge on any atom is -0.356 e. The van der Waals surface area contributed by atoms with Crippen LogP contribution in [-0.2, 0) is 16.6 Å². The molecule has 1 aromatic rings. The summed E-state index contributed by atoms with van der Waals surface area (Å²) in [6.45, 7) is 0.626. The standard InChI is InChI=1S/C18H26F3N5O3S.HI/c1-22-16(27)15-5-3-13(4-6-15)11-24-17(23-2)25-12-14-7-9-26(10-8-14)30(28,29)18(19,20)21;/h3-6,14H,7-12H2,1-2H3,(H,22,27)(H2,23,24,25);1H. The van der Waals surface area contributed by atoms with E-state index < -0.39 is 15.5 Å². The molecule has 176 valence electrons. The molecule has 1 amide bonds. The number of rotatable bonds is 6. The Balaban J connectivity index is 0.00000480. The number of nitrogens with zero attached hydrogens (tertiary/aromatic N) is 2. The van der Waals surface area contributed by atoms with Crippen molar-refractivity contribution >= 4 is 45.9 Å². The van der Waals surface area contributed by atoms with Crippen molar-refractivity contribution in [3.63, 3.8) is 0 Å². The lowest BCUT2D eigenvalue weighted by atomic mass is 9.98. The first-order valence-electron chi connectivity index (χ1n) is 9.40. The molecule has 8 nitrogen and oxygen atoms in total. The third-order valence-corrected chi connectivity index (χ3v) is 6.52. The van der Waals surface area contributed by atoms with E-state index >= 15 is 0 Å². The smallest absolute Gasteiger partial charge is 0.356 e. The zero-order valence-electron chi connectivity index (χ0n) is 17.2. The van der Waals surface area contributed by atoms with Crippen LogP contribution in [0.4, 0.5) is 13.2 Å². The van der Waals surface area contributed by atoms with Gasteiger partial charge < -0.3 is 16.0 Å². The fraction of sp³-hybridized carbons (Fsp3) is 0.556. The summed E-state index contributed by atoms with van der Waals surface area (Å²) in [5, 5.41) is 8.79. The minimum absolute atomic E-state index is 0. The number of hydrogen-bond donors (Lipinski definition) is 3. The van der Waals surface area contributed by atoms with Crippen LogP contribution in [0.25, 0.3) is 0 Å². The van der Waals surface area contributed by atoms with Crippen molar-refractivity contribution in [2.45, 2.75) is 24.9 Å². The van der Waals surface area contributed by atoms with Gasteiger partial charge in [0, 0.05) is 45.8 Å². The number of nitrogens with one attached hydrogen (secondary N) is 3. The van der Waals surface area contributed by atoms with Gasteiger partial charge in [-0.25, -0.2) is 8.42 Å². The van der Waals surface area contributed by atoms with Crippen LogP contribution in [0.5, 0.6) is 0 Å². The van der Waals surface area contributed by atoms with E-state index in [4.69, 9.17) is 0 Å². The molecule has 2 rings (SSSR count). The largest absolute Gasteiger partial charge is 0.511 e. The first kappa shape index (κ1) is 27.4. The van der Waals surface area contributed by atoms with E-state index in [1.54, 1.807) is 26.2 Å². The molecule has 1 fully saturated rings. The Bertz CT molecular complexity index is 855. The monoisotopic (exact) mass is 577 g/mol. The van der Waals surface area contributed by atoms with Crippen molar-refractivity contribution in [3.05, 3.63) is 35.4 Å². The molecular weight excluding hydrogens is 550 g/mol. The van der Waals surface area contributed by atoms with Gasteiger partial charge in [-0.3, -0.25) is 9.79 Å². The number of alkyl halides is 3. The van der Waals surface area contributed by atoms with Gasteiger partial charge in [0.1, 0.15) is 0 Å². The zero-order chi connectivity index (χ0) is 22.4. The average Bonchev–Trinajstić information content (AvgIpc) is 2.73. The van der Waals surface area contributed by atoms with Crippen LogP contribution < -0.4 is 16.0 Å². The second-order valence-electron chi connectivity index (χ2n) is 6.88. The van der Waals surface area contributed by atoms with E-state index in [-0.39, 0.29) is 48.9 Å². The van der Waals surface area contributed by atoms with Gasteiger partial charge in [0.05, 0.1) is 0 Å². The van der Waals surface area contributed by atoms with Crippen molar-refractivity contribution < 1.29 is 26.4 Å². The van der Waals surface area contributed by atoms with Gasteiger partial charge in [0.25, 0.3) is 5.91 Å². The van der Waals surface area contributed by atoms with Crippen LogP contribution in [-0.4, -0.2) is 63.8 Å². The molecule has 1 aliphatic rings. The molecule has 0 unspecified atom stereocenters. The summed E-state index contributed by atoms with van der Waals surface area (Å²) in [5.74, 6) is 0.395. The molecule has 0 atom stereocenters. The lowest BCUT2D eigenvalue weighted by molar-refractivity contribution is -0.0496. The highest BCUT2D eigenvalue weighted by Gasteiger charge is 2.50. The van der Waals surface area contributed by atoms with Crippen molar-refractivity contribution in [2.75, 3.05) is 33.7 Å². The Morgan fingerprint density at radius 2 is 1.74 bits per heavy atom. The predicted molar refractivity (Wildman–Crippen MR) is 123 cm³/mol. The van der Waals surface area contributed by atoms with Crippen molar-refractivity contribution in [3.8, 4) is 0 Å². The van der Waals surface area contributed by atoms with Crippen molar-refractivity contribution in [1.29, 1.82) is 0 Å². The maximum absolute atomic E-state index is 12.6. The minimum atomic E-state index is -5.26. The molecule has 0 radical (unpaired) electrons. The summed E-state index contributed by atoms with van der Waals surface area (Å²) in [5.41, 5.74) is -3.76. The Kier molecular flexibility index (Phi) is 10.5. The molecule has 1 heterocycles. The van der Waals surface area contributed by atoms with E-state index in [2.05, 4.69) is 20.9 Å². The lowest BCUT2D eigenvalue weighted by Crippen LogP contribution is -2.47. The van der Waals surface area contributed by atoms with Gasteiger partial charge in [-0.15, -0.1) is 24.0 Å². The number of hydrogen-bond acceptors (Lipinski definition) is 4. The van der Waals surface area contributed by atoms with Gasteiger partial charge >= 0.3 is 15.5 Å². The SMILES string of the molecule is CN=C(NCc1ccc(C(=O)NC)cc1)NCC1CCN(S(=O)(=O)C(F)(F)F)CC1.I. The summed E-state index contributed by atoms with van der Waals surface area (Å²) in [4.78, 5) is 15.7. The molecular formula is C18H27F3IN5O3S. The van der Waals surface area contributed by atoms with E-state index in [0.29, 0.717) is 41.8 Å². The van der Waals surface area contributed by atoms with E-state index in [9.17, 15) is 26.4 Å². The second kappa shape index (κ2) is 11.9. The second-order valence-corrected chi connectivity index (χ2v) is 8.81. The summed E-state index contributed by atoms with van der Waals surface area (Å²) in [6.07, 6.45) is 0.667.